The molecule has 1 aromatic carbocycles. The molecule has 0 N–H and O–H groups in total. The summed E-state index contributed by atoms with van der Waals surface area (Å²) in [6, 6.07) is 4.10. The van der Waals surface area contributed by atoms with E-state index in [0.29, 0.717) is 17.8 Å². The topological polar surface area (TPSA) is 30.9 Å². The molecule has 2 heterocycles. The van der Waals surface area contributed by atoms with Crippen LogP contribution in [0.4, 0.5) is 0 Å². The predicted octanol–water partition coefficient (Wildman–Crippen LogP) is 3.18. The van der Waals surface area contributed by atoms with Gasteiger partial charge in [-0.15, -0.1) is 12.4 Å². The molecule has 3 atom stereocenters. The minimum atomic E-state index is 0. The first-order chi connectivity index (χ1) is 10.1. The van der Waals surface area contributed by atoms with E-state index in [9.17, 15) is 0 Å². The summed E-state index contributed by atoms with van der Waals surface area (Å²) in [5.41, 5.74) is 1.25. The van der Waals surface area contributed by atoms with Gasteiger partial charge in [-0.3, -0.25) is 0 Å². The van der Waals surface area contributed by atoms with Gasteiger partial charge in [-0.2, -0.15) is 0 Å². The summed E-state index contributed by atoms with van der Waals surface area (Å²) in [7, 11) is 5.67. The minimum Gasteiger partial charge on any atom is -0.497 e. The van der Waals surface area contributed by atoms with Crippen LogP contribution in [0.25, 0.3) is 0 Å². The number of piperidine rings is 1. The van der Waals surface area contributed by atoms with Crippen molar-refractivity contribution in [2.45, 2.75) is 5.92 Å². The van der Waals surface area contributed by atoms with Crippen LogP contribution in [0.15, 0.2) is 16.6 Å². The number of likely N-dealkylation sites (N-methyl/N-ethyl adjacent to an activating group) is 1. The molecule has 6 heteroatoms. The quantitative estimate of drug-likeness (QED) is 0.790. The maximum Gasteiger partial charge on any atom is 0.137 e. The van der Waals surface area contributed by atoms with E-state index in [-0.39, 0.29) is 12.4 Å². The number of benzene rings is 1. The van der Waals surface area contributed by atoms with Crippen LogP contribution in [-0.4, -0.2) is 52.5 Å². The molecule has 0 spiro atoms. The van der Waals surface area contributed by atoms with Gasteiger partial charge >= 0.3 is 0 Å². The molecule has 0 aromatic heterocycles. The predicted molar refractivity (Wildman–Crippen MR) is 92.5 cm³/mol. The van der Waals surface area contributed by atoms with Crippen molar-refractivity contribution in [3.8, 4) is 11.5 Å². The molecule has 0 radical (unpaired) electrons. The molecule has 4 nitrogen and oxygen atoms in total. The highest BCUT2D eigenvalue weighted by Crippen LogP contribution is 2.47. The van der Waals surface area contributed by atoms with Gasteiger partial charge in [-0.1, -0.05) is 0 Å². The first-order valence-corrected chi connectivity index (χ1v) is 8.11. The van der Waals surface area contributed by atoms with Crippen molar-refractivity contribution in [3.05, 3.63) is 22.2 Å². The molecule has 124 valence electrons. The van der Waals surface area contributed by atoms with Gasteiger partial charge in [-0.25, -0.2) is 0 Å². The van der Waals surface area contributed by atoms with Crippen LogP contribution < -0.4 is 9.47 Å². The maximum absolute atomic E-state index is 6.06. The molecular weight excluding hydrogens is 370 g/mol. The lowest BCUT2D eigenvalue weighted by atomic mass is 9.73. The number of ether oxygens (including phenoxy) is 3. The Bertz CT molecular complexity index is 528. The number of rotatable bonds is 3. The number of hydrogen-bond donors (Lipinski definition) is 0. The highest BCUT2D eigenvalue weighted by Gasteiger charge is 2.41. The van der Waals surface area contributed by atoms with Crippen LogP contribution in [0.2, 0.25) is 0 Å². The molecule has 2 aliphatic heterocycles. The smallest absolute Gasteiger partial charge is 0.137 e. The summed E-state index contributed by atoms with van der Waals surface area (Å²) in [6.45, 7) is 3.68. The highest BCUT2D eigenvalue weighted by atomic mass is 79.9. The molecule has 1 aromatic rings. The van der Waals surface area contributed by atoms with Gasteiger partial charge < -0.3 is 19.1 Å². The average Bonchev–Trinajstić information content (AvgIpc) is 2.47. The van der Waals surface area contributed by atoms with E-state index in [1.807, 2.05) is 6.07 Å². The molecule has 0 amide bonds. The lowest BCUT2D eigenvalue weighted by Gasteiger charge is -2.45. The van der Waals surface area contributed by atoms with E-state index in [2.05, 4.69) is 33.9 Å². The Morgan fingerprint density at radius 3 is 2.77 bits per heavy atom. The molecule has 2 aliphatic rings. The molecule has 0 aliphatic carbocycles. The van der Waals surface area contributed by atoms with Gasteiger partial charge in [0.05, 0.1) is 24.8 Å². The van der Waals surface area contributed by atoms with Crippen molar-refractivity contribution >= 4 is 28.3 Å². The summed E-state index contributed by atoms with van der Waals surface area (Å²) in [5, 5.41) is 0. The second-order valence-corrected chi connectivity index (χ2v) is 6.90. The molecule has 0 saturated carbocycles. The highest BCUT2D eigenvalue weighted by molar-refractivity contribution is 9.10. The third kappa shape index (κ3) is 3.23. The van der Waals surface area contributed by atoms with E-state index >= 15 is 0 Å². The monoisotopic (exact) mass is 391 g/mol. The Hall–Kier alpha value is -0.490. The number of likely N-dealkylation sites (tertiary alicyclic amines) is 1. The summed E-state index contributed by atoms with van der Waals surface area (Å²) in [6.07, 6.45) is 0. The van der Waals surface area contributed by atoms with Crippen molar-refractivity contribution in [1.82, 2.24) is 4.90 Å². The van der Waals surface area contributed by atoms with Crippen LogP contribution >= 0.6 is 28.3 Å². The average molecular weight is 393 g/mol. The second-order valence-electron chi connectivity index (χ2n) is 6.05. The number of methoxy groups -OCH3 is 2. The largest absolute Gasteiger partial charge is 0.497 e. The lowest BCUT2D eigenvalue weighted by Crippen LogP contribution is -2.48. The zero-order valence-corrected chi connectivity index (χ0v) is 15.6. The molecule has 0 bridgehead atoms. The van der Waals surface area contributed by atoms with E-state index in [1.54, 1.807) is 14.2 Å². The zero-order chi connectivity index (χ0) is 15.0. The Balaban J connectivity index is 0.00000176. The van der Waals surface area contributed by atoms with E-state index < -0.39 is 0 Å². The normalized spacial score (nSPS) is 27.2. The van der Waals surface area contributed by atoms with Crippen molar-refractivity contribution in [2.24, 2.45) is 11.8 Å². The number of hydrogen-bond acceptors (Lipinski definition) is 4. The van der Waals surface area contributed by atoms with Crippen molar-refractivity contribution < 1.29 is 14.2 Å². The number of nitrogens with zero attached hydrogens (tertiary/aromatic N) is 1. The molecule has 1 fully saturated rings. The molecule has 3 rings (SSSR count). The van der Waals surface area contributed by atoms with Crippen LogP contribution in [-0.2, 0) is 4.74 Å². The van der Waals surface area contributed by atoms with Crippen LogP contribution in [0.1, 0.15) is 11.5 Å². The zero-order valence-electron chi connectivity index (χ0n) is 13.2. The third-order valence-corrected chi connectivity index (χ3v) is 5.25. The van der Waals surface area contributed by atoms with Gasteiger partial charge in [0, 0.05) is 43.5 Å². The SMILES string of the molecule is COC[C@H]1CN(C)C[C@H]2c3cc(OC)cc(Br)c3OC[C@H]12.Cl. The number of fused-ring (bicyclic) bond motifs is 3. The van der Waals surface area contributed by atoms with E-state index in [4.69, 9.17) is 14.2 Å². The van der Waals surface area contributed by atoms with E-state index in [1.165, 1.54) is 5.56 Å². The van der Waals surface area contributed by atoms with Crippen LogP contribution in [0.5, 0.6) is 11.5 Å². The van der Waals surface area contributed by atoms with Gasteiger partial charge in [0.2, 0.25) is 0 Å². The summed E-state index contributed by atoms with van der Waals surface area (Å²) >= 11 is 3.61. The maximum atomic E-state index is 6.06. The fourth-order valence-electron chi connectivity index (χ4n) is 3.70. The first kappa shape index (κ1) is 17.9. The van der Waals surface area contributed by atoms with Gasteiger partial charge in [0.15, 0.2) is 0 Å². The van der Waals surface area contributed by atoms with Crippen molar-refractivity contribution in [2.75, 3.05) is 47.6 Å². The van der Waals surface area contributed by atoms with Gasteiger partial charge in [0.25, 0.3) is 0 Å². The summed E-state index contributed by atoms with van der Waals surface area (Å²) in [5.74, 6) is 3.34. The summed E-state index contributed by atoms with van der Waals surface area (Å²) in [4.78, 5) is 2.40. The minimum absolute atomic E-state index is 0. The van der Waals surface area contributed by atoms with Crippen molar-refractivity contribution in [3.63, 3.8) is 0 Å². The third-order valence-electron chi connectivity index (χ3n) is 4.66. The standard InChI is InChI=1S/C16H22BrNO3.ClH/c1-18-6-10(8-19-2)14-9-21-16-12(13(14)7-18)4-11(20-3)5-15(16)17;/h4-5,10,13-14H,6-9H2,1-3H3;1H/t10-,13+,14-;/m1./s1. The Kier molecular flexibility index (Phi) is 6.00. The summed E-state index contributed by atoms with van der Waals surface area (Å²) < 4.78 is 17.9. The lowest BCUT2D eigenvalue weighted by molar-refractivity contribution is 0.0153. The Morgan fingerprint density at radius 2 is 2.09 bits per heavy atom. The first-order valence-electron chi connectivity index (χ1n) is 7.31. The fraction of sp³-hybridized carbons (Fsp3) is 0.625. The van der Waals surface area contributed by atoms with Gasteiger partial charge in [0.1, 0.15) is 11.5 Å². The Morgan fingerprint density at radius 1 is 1.32 bits per heavy atom. The molecule has 22 heavy (non-hydrogen) atoms. The Labute approximate surface area is 146 Å². The van der Waals surface area contributed by atoms with E-state index in [0.717, 1.165) is 42.3 Å². The van der Waals surface area contributed by atoms with Crippen LogP contribution in [0.3, 0.4) is 0 Å². The molecule has 0 unspecified atom stereocenters. The fourth-order valence-corrected chi connectivity index (χ4v) is 4.26. The van der Waals surface area contributed by atoms with Gasteiger partial charge in [-0.05, 0) is 35.1 Å². The second kappa shape index (κ2) is 7.39. The number of halogens is 2. The van der Waals surface area contributed by atoms with Crippen LogP contribution in [0, 0.1) is 11.8 Å². The molecular formula is C16H23BrClNO3. The molecule has 1 saturated heterocycles. The van der Waals surface area contributed by atoms with Crippen molar-refractivity contribution in [1.29, 1.82) is 0 Å².